The molecular formula is C22H32N2O5Se. The van der Waals surface area contributed by atoms with E-state index in [4.69, 9.17) is 4.74 Å². The molecule has 0 heterocycles. The van der Waals surface area contributed by atoms with E-state index in [-0.39, 0.29) is 49.4 Å². The van der Waals surface area contributed by atoms with Gasteiger partial charge in [0.25, 0.3) is 0 Å². The first-order valence-corrected chi connectivity index (χ1v) is 12.1. The molecular weight excluding hydrogens is 451 g/mol. The number of carbonyl (C=O) groups excluding carboxylic acids is 2. The second-order valence-electron chi connectivity index (χ2n) is 7.82. The van der Waals surface area contributed by atoms with Crippen LogP contribution in [0.3, 0.4) is 0 Å². The van der Waals surface area contributed by atoms with Crippen LogP contribution >= 0.6 is 0 Å². The van der Waals surface area contributed by atoms with Crippen LogP contribution in [-0.2, 0) is 14.3 Å². The van der Waals surface area contributed by atoms with E-state index in [0.717, 1.165) is 22.1 Å². The number of hydrogen-bond acceptors (Lipinski definition) is 5. The number of amides is 1. The van der Waals surface area contributed by atoms with E-state index in [1.165, 1.54) is 20.1 Å². The van der Waals surface area contributed by atoms with Gasteiger partial charge in [0.05, 0.1) is 0 Å². The van der Waals surface area contributed by atoms with Gasteiger partial charge in [0.1, 0.15) is 0 Å². The molecule has 0 spiro atoms. The zero-order valence-corrected chi connectivity index (χ0v) is 20.1. The molecule has 8 heteroatoms. The molecule has 2 rings (SSSR count). The number of nitrogens with one attached hydrogen (secondary N) is 1. The molecule has 0 saturated heterocycles. The Morgan fingerprint density at radius 2 is 1.93 bits per heavy atom. The van der Waals surface area contributed by atoms with Crippen molar-refractivity contribution in [2.24, 2.45) is 11.8 Å². The van der Waals surface area contributed by atoms with E-state index < -0.39 is 0 Å². The van der Waals surface area contributed by atoms with Gasteiger partial charge in [-0.3, -0.25) is 0 Å². The second-order valence-corrected chi connectivity index (χ2v) is 10.2. The molecule has 30 heavy (non-hydrogen) atoms. The monoisotopic (exact) mass is 484 g/mol. The van der Waals surface area contributed by atoms with Gasteiger partial charge in [-0.1, -0.05) is 20.8 Å². The summed E-state index contributed by atoms with van der Waals surface area (Å²) in [6.07, 6.45) is 3.75. The maximum absolute atomic E-state index is 11.8. The summed E-state index contributed by atoms with van der Waals surface area (Å²) in [5, 5.41) is 14.9. The number of nitro benzene ring substituents is 1. The van der Waals surface area contributed by atoms with Crippen molar-refractivity contribution < 1.29 is 19.2 Å². The van der Waals surface area contributed by atoms with Gasteiger partial charge in [-0.05, 0) is 5.92 Å². The Labute approximate surface area is 185 Å². The van der Waals surface area contributed by atoms with Crippen molar-refractivity contribution in [2.45, 2.75) is 58.3 Å². The Hall–Kier alpha value is -2.18. The first-order valence-electron chi connectivity index (χ1n) is 10.1. The van der Waals surface area contributed by atoms with E-state index >= 15 is 0 Å². The normalized spacial score (nSPS) is 18.0. The van der Waals surface area contributed by atoms with Crippen LogP contribution in [0.5, 0.6) is 0 Å². The summed E-state index contributed by atoms with van der Waals surface area (Å²) in [5.41, 5.74) is 0.794. The number of rotatable bonds is 7. The Kier molecular flexibility index (Phi) is 11.4. The summed E-state index contributed by atoms with van der Waals surface area (Å²) in [5.74, 6) is 0.516. The van der Waals surface area contributed by atoms with E-state index in [0.29, 0.717) is 18.4 Å². The van der Waals surface area contributed by atoms with Crippen LogP contribution in [0.1, 0.15) is 47.0 Å². The Morgan fingerprint density at radius 3 is 2.50 bits per heavy atom. The molecule has 0 aromatic heterocycles. The van der Waals surface area contributed by atoms with E-state index in [1.807, 2.05) is 12.1 Å². The number of para-hydroxylation sites is 1. The topological polar surface area (TPSA) is 98.5 Å². The van der Waals surface area contributed by atoms with Gasteiger partial charge < -0.3 is 0 Å². The number of nitrogens with zero attached hydrogens (tertiary/aromatic N) is 1. The molecule has 1 aromatic rings. The molecule has 0 fully saturated rings. The number of methoxy groups -OCH3 is 1. The van der Waals surface area contributed by atoms with Crippen LogP contribution in [0.4, 0.5) is 5.69 Å². The molecule has 1 N–H and O–H groups in total. The Morgan fingerprint density at radius 1 is 1.30 bits per heavy atom. The number of ether oxygens (including phenoxy) is 1. The number of hydrogen-bond donors (Lipinski definition) is 1. The molecule has 0 bridgehead atoms. The van der Waals surface area contributed by atoms with Gasteiger partial charge in [0.2, 0.25) is 0 Å². The number of nitro groups is 1. The third-order valence-corrected chi connectivity index (χ3v) is 6.61. The molecule has 0 aliphatic heterocycles. The van der Waals surface area contributed by atoms with Crippen molar-refractivity contribution in [2.75, 3.05) is 7.11 Å². The minimum absolute atomic E-state index is 0.0255. The fourth-order valence-corrected chi connectivity index (χ4v) is 5.38. The van der Waals surface area contributed by atoms with Crippen LogP contribution in [0.25, 0.3) is 0 Å². The van der Waals surface area contributed by atoms with Gasteiger partial charge in [-0.25, -0.2) is 0 Å². The predicted octanol–water partition coefficient (Wildman–Crippen LogP) is 3.41. The maximum atomic E-state index is 11.8. The molecule has 7 nitrogen and oxygen atoms in total. The third kappa shape index (κ3) is 9.09. The fraction of sp³-hybridized carbons (Fsp3) is 0.545. The molecule has 166 valence electrons. The summed E-state index contributed by atoms with van der Waals surface area (Å²) >= 11 is -0.0446. The summed E-state index contributed by atoms with van der Waals surface area (Å²) in [6.45, 7) is 7.98. The predicted molar refractivity (Wildman–Crippen MR) is 119 cm³/mol. The SMILES string of the molecule is CC(C)C.COC(=O)C1=CCC(NC(C)=O)[C@@H](CC[Se]c2ccccc2[N+](=O)[O-])C1. The van der Waals surface area contributed by atoms with Crippen molar-refractivity contribution in [3.8, 4) is 0 Å². The van der Waals surface area contributed by atoms with E-state index in [9.17, 15) is 19.7 Å². The molecule has 1 amide bonds. The standard InChI is InChI=1S/C18H22N2O5Se.C4H10/c1-12(21)19-15-8-7-14(18(22)25-2)11-13(15)9-10-26-17-6-4-3-5-16(17)20(23)24;1-4(2)3/h3-7,13,15H,8-11H2,1-2H3,(H,19,21);4H,1-3H3/t13-,15?;/m0./s1. The number of esters is 1. The third-order valence-electron chi connectivity index (χ3n) is 4.31. The van der Waals surface area contributed by atoms with Crippen molar-refractivity contribution in [1.82, 2.24) is 5.32 Å². The van der Waals surface area contributed by atoms with Crippen molar-refractivity contribution in [3.63, 3.8) is 0 Å². The quantitative estimate of drug-likeness (QED) is 0.277. The Balaban J connectivity index is 0.00000103. The van der Waals surface area contributed by atoms with Crippen LogP contribution in [-0.4, -0.2) is 44.9 Å². The van der Waals surface area contributed by atoms with Crippen molar-refractivity contribution >= 4 is 37.0 Å². The van der Waals surface area contributed by atoms with E-state index in [2.05, 4.69) is 26.1 Å². The van der Waals surface area contributed by atoms with E-state index in [1.54, 1.807) is 12.1 Å². The van der Waals surface area contributed by atoms with Crippen LogP contribution in [0.15, 0.2) is 35.9 Å². The summed E-state index contributed by atoms with van der Waals surface area (Å²) in [6, 6.07) is 6.77. The zero-order valence-electron chi connectivity index (χ0n) is 18.3. The van der Waals surface area contributed by atoms with Crippen LogP contribution in [0.2, 0.25) is 5.32 Å². The van der Waals surface area contributed by atoms with Gasteiger partial charge in [-0.15, -0.1) is 0 Å². The zero-order chi connectivity index (χ0) is 22.7. The van der Waals surface area contributed by atoms with Crippen LogP contribution < -0.4 is 9.78 Å². The van der Waals surface area contributed by atoms with Gasteiger partial charge >= 0.3 is 158 Å². The number of carbonyl (C=O) groups is 2. The second kappa shape index (κ2) is 13.2. The summed E-state index contributed by atoms with van der Waals surface area (Å²) in [7, 11) is 1.36. The molecule has 1 aliphatic rings. The fourth-order valence-electron chi connectivity index (χ4n) is 3.06. The summed E-state index contributed by atoms with van der Waals surface area (Å²) < 4.78 is 5.57. The molecule has 1 unspecified atom stereocenters. The first-order chi connectivity index (χ1) is 14.1. The van der Waals surface area contributed by atoms with Gasteiger partial charge in [0.15, 0.2) is 0 Å². The average molecular weight is 483 g/mol. The Bertz CT molecular complexity index is 761. The first kappa shape index (κ1) is 25.9. The molecule has 0 radical (unpaired) electrons. The molecule has 0 saturated carbocycles. The van der Waals surface area contributed by atoms with Gasteiger partial charge in [-0.2, -0.15) is 0 Å². The van der Waals surface area contributed by atoms with Gasteiger partial charge in [0, 0.05) is 0 Å². The molecule has 1 aliphatic carbocycles. The van der Waals surface area contributed by atoms with Crippen molar-refractivity contribution in [3.05, 3.63) is 46.0 Å². The van der Waals surface area contributed by atoms with Crippen molar-refractivity contribution in [1.29, 1.82) is 0 Å². The van der Waals surface area contributed by atoms with Crippen LogP contribution in [0, 0.1) is 22.0 Å². The summed E-state index contributed by atoms with van der Waals surface area (Å²) in [4.78, 5) is 34.0. The number of benzene rings is 1. The molecule has 2 atom stereocenters. The molecule has 1 aromatic carbocycles. The minimum atomic E-state index is -0.351. The average Bonchev–Trinajstić information content (AvgIpc) is 2.68.